The summed E-state index contributed by atoms with van der Waals surface area (Å²) in [5.41, 5.74) is 3.85. The number of amides is 1. The van der Waals surface area contributed by atoms with Crippen LogP contribution < -0.4 is 5.32 Å². The van der Waals surface area contributed by atoms with Gasteiger partial charge in [-0.2, -0.15) is 0 Å². The highest BCUT2D eigenvalue weighted by molar-refractivity contribution is 5.83. The SMILES string of the molecule is CC(C)c1ccc2c(c1)CC[C@H]1[C@](C)(C(=O)NCCC(=O)O)CCC[C@]21C. The lowest BCUT2D eigenvalue weighted by molar-refractivity contribution is -0.140. The van der Waals surface area contributed by atoms with Crippen LogP contribution in [0.15, 0.2) is 18.2 Å². The van der Waals surface area contributed by atoms with Gasteiger partial charge < -0.3 is 10.4 Å². The van der Waals surface area contributed by atoms with Crippen LogP contribution in [0, 0.1) is 11.3 Å². The van der Waals surface area contributed by atoms with E-state index in [2.05, 4.69) is 51.2 Å². The van der Waals surface area contributed by atoms with Crippen molar-refractivity contribution < 1.29 is 14.7 Å². The fraction of sp³-hybridized carbons (Fsp3) is 0.652. The van der Waals surface area contributed by atoms with Gasteiger partial charge in [0.1, 0.15) is 0 Å². The summed E-state index contributed by atoms with van der Waals surface area (Å²) in [7, 11) is 0. The Hall–Kier alpha value is -1.84. The Bertz CT molecular complexity index is 741. The van der Waals surface area contributed by atoms with E-state index in [4.69, 9.17) is 5.11 Å². The Labute approximate surface area is 162 Å². The van der Waals surface area contributed by atoms with Crippen LogP contribution in [-0.2, 0) is 21.4 Å². The second-order valence-electron chi connectivity index (χ2n) is 9.25. The number of benzene rings is 1. The molecule has 0 aliphatic heterocycles. The Morgan fingerprint density at radius 2 is 2.00 bits per heavy atom. The normalized spacial score (nSPS) is 29.7. The summed E-state index contributed by atoms with van der Waals surface area (Å²) < 4.78 is 0. The van der Waals surface area contributed by atoms with E-state index < -0.39 is 11.4 Å². The summed E-state index contributed by atoms with van der Waals surface area (Å²) in [5, 5.41) is 11.8. The summed E-state index contributed by atoms with van der Waals surface area (Å²) in [4.78, 5) is 23.8. The van der Waals surface area contributed by atoms with Gasteiger partial charge in [0.05, 0.1) is 11.8 Å². The van der Waals surface area contributed by atoms with E-state index in [-0.39, 0.29) is 24.3 Å². The first-order chi connectivity index (χ1) is 12.7. The van der Waals surface area contributed by atoms with Gasteiger partial charge in [0, 0.05) is 6.54 Å². The number of aliphatic carboxylic acids is 1. The van der Waals surface area contributed by atoms with Crippen LogP contribution >= 0.6 is 0 Å². The van der Waals surface area contributed by atoms with Gasteiger partial charge in [-0.3, -0.25) is 9.59 Å². The third-order valence-corrected chi connectivity index (χ3v) is 7.19. The quantitative estimate of drug-likeness (QED) is 0.805. The smallest absolute Gasteiger partial charge is 0.305 e. The van der Waals surface area contributed by atoms with Gasteiger partial charge in [-0.15, -0.1) is 0 Å². The number of carbonyl (C=O) groups excluding carboxylic acids is 1. The van der Waals surface area contributed by atoms with Gasteiger partial charge in [0.2, 0.25) is 5.91 Å². The molecule has 4 heteroatoms. The van der Waals surface area contributed by atoms with Crippen molar-refractivity contribution in [3.63, 3.8) is 0 Å². The van der Waals surface area contributed by atoms with Crippen molar-refractivity contribution in [1.29, 1.82) is 0 Å². The average Bonchev–Trinajstić information content (AvgIpc) is 2.60. The standard InChI is InChI=1S/C23H33NO3/c1-15(2)16-6-8-18-17(14-16)7-9-19-22(18,3)11-5-12-23(19,4)21(27)24-13-10-20(25)26/h6,8,14-15,19H,5,7,9-13H2,1-4H3,(H,24,27)(H,25,26)/t19-,22-,23-/m1/s1. The van der Waals surface area contributed by atoms with E-state index in [0.29, 0.717) is 11.8 Å². The molecule has 2 aliphatic carbocycles. The van der Waals surface area contributed by atoms with Crippen LogP contribution in [-0.4, -0.2) is 23.5 Å². The maximum atomic E-state index is 13.0. The molecule has 0 radical (unpaired) electrons. The van der Waals surface area contributed by atoms with Crippen molar-refractivity contribution in [2.45, 2.75) is 77.6 Å². The predicted octanol–water partition coefficient (Wildman–Crippen LogP) is 4.41. The molecule has 1 saturated carbocycles. The number of hydrogen-bond donors (Lipinski definition) is 2. The Kier molecular flexibility index (Phi) is 5.38. The lowest BCUT2D eigenvalue weighted by atomic mass is 9.49. The van der Waals surface area contributed by atoms with Gasteiger partial charge in [-0.05, 0) is 59.6 Å². The third kappa shape index (κ3) is 3.51. The van der Waals surface area contributed by atoms with Crippen LogP contribution in [0.2, 0.25) is 0 Å². The molecule has 3 rings (SSSR count). The first kappa shape index (κ1) is 19.9. The topological polar surface area (TPSA) is 66.4 Å². The molecule has 0 spiro atoms. The van der Waals surface area contributed by atoms with Crippen molar-refractivity contribution in [1.82, 2.24) is 5.32 Å². The molecule has 0 unspecified atom stereocenters. The number of aryl methyl sites for hydroxylation is 1. The molecule has 0 saturated heterocycles. The molecule has 2 aliphatic rings. The zero-order valence-electron chi connectivity index (χ0n) is 17.1. The highest BCUT2D eigenvalue weighted by Crippen LogP contribution is 2.57. The van der Waals surface area contributed by atoms with Gasteiger partial charge in [-0.1, -0.05) is 52.3 Å². The number of rotatable bonds is 5. The molecule has 1 aromatic rings. The second kappa shape index (κ2) is 7.29. The molecule has 1 fully saturated rings. The number of fused-ring (bicyclic) bond motifs is 3. The van der Waals surface area contributed by atoms with E-state index in [0.717, 1.165) is 32.1 Å². The predicted molar refractivity (Wildman–Crippen MR) is 107 cm³/mol. The first-order valence-corrected chi connectivity index (χ1v) is 10.3. The van der Waals surface area contributed by atoms with Crippen molar-refractivity contribution >= 4 is 11.9 Å². The monoisotopic (exact) mass is 371 g/mol. The first-order valence-electron chi connectivity index (χ1n) is 10.3. The zero-order valence-corrected chi connectivity index (χ0v) is 17.1. The van der Waals surface area contributed by atoms with Crippen LogP contribution in [0.25, 0.3) is 0 Å². The summed E-state index contributed by atoms with van der Waals surface area (Å²) in [6, 6.07) is 6.95. The number of nitrogens with one attached hydrogen (secondary N) is 1. The summed E-state index contributed by atoms with van der Waals surface area (Å²) >= 11 is 0. The van der Waals surface area contributed by atoms with Crippen molar-refractivity contribution in [3.8, 4) is 0 Å². The maximum absolute atomic E-state index is 13.0. The van der Waals surface area contributed by atoms with Crippen molar-refractivity contribution in [2.75, 3.05) is 6.54 Å². The molecule has 0 bridgehead atoms. The molecule has 2 N–H and O–H groups in total. The van der Waals surface area contributed by atoms with E-state index in [9.17, 15) is 9.59 Å². The van der Waals surface area contributed by atoms with E-state index in [1.165, 1.54) is 16.7 Å². The third-order valence-electron chi connectivity index (χ3n) is 7.19. The number of carboxylic acids is 1. The highest BCUT2D eigenvalue weighted by Gasteiger charge is 2.54. The molecule has 1 amide bonds. The van der Waals surface area contributed by atoms with Crippen LogP contribution in [0.5, 0.6) is 0 Å². The van der Waals surface area contributed by atoms with E-state index in [1.807, 2.05) is 0 Å². The number of carbonyl (C=O) groups is 2. The average molecular weight is 372 g/mol. The highest BCUT2D eigenvalue weighted by atomic mass is 16.4. The van der Waals surface area contributed by atoms with Crippen LogP contribution in [0.3, 0.4) is 0 Å². The molecule has 0 aromatic heterocycles. The Morgan fingerprint density at radius 1 is 1.26 bits per heavy atom. The van der Waals surface area contributed by atoms with E-state index >= 15 is 0 Å². The number of hydrogen-bond acceptors (Lipinski definition) is 2. The molecule has 0 heterocycles. The molecule has 1 aromatic carbocycles. The fourth-order valence-corrected chi connectivity index (χ4v) is 5.63. The minimum absolute atomic E-state index is 0.0141. The summed E-state index contributed by atoms with van der Waals surface area (Å²) in [6.07, 6.45) is 5.04. The fourth-order valence-electron chi connectivity index (χ4n) is 5.63. The minimum Gasteiger partial charge on any atom is -0.481 e. The van der Waals surface area contributed by atoms with Gasteiger partial charge in [0.15, 0.2) is 0 Å². The van der Waals surface area contributed by atoms with E-state index in [1.54, 1.807) is 0 Å². The Balaban J connectivity index is 1.88. The molecule has 27 heavy (non-hydrogen) atoms. The molecule has 3 atom stereocenters. The maximum Gasteiger partial charge on any atom is 0.305 e. The van der Waals surface area contributed by atoms with Gasteiger partial charge in [-0.25, -0.2) is 0 Å². The lowest BCUT2D eigenvalue weighted by Crippen LogP contribution is -2.55. The summed E-state index contributed by atoms with van der Waals surface area (Å²) in [5.74, 6) is -0.0261. The van der Waals surface area contributed by atoms with Gasteiger partial charge >= 0.3 is 5.97 Å². The second-order valence-corrected chi connectivity index (χ2v) is 9.25. The molecule has 148 valence electrons. The Morgan fingerprint density at radius 3 is 2.67 bits per heavy atom. The van der Waals surface area contributed by atoms with Crippen LogP contribution in [0.4, 0.5) is 0 Å². The number of carboxylic acid groups (broad SMARTS) is 1. The minimum atomic E-state index is -0.874. The largest absolute Gasteiger partial charge is 0.481 e. The lowest BCUT2D eigenvalue weighted by Gasteiger charge is -2.54. The molecular weight excluding hydrogens is 338 g/mol. The van der Waals surface area contributed by atoms with Crippen molar-refractivity contribution in [2.24, 2.45) is 11.3 Å². The van der Waals surface area contributed by atoms with Crippen LogP contribution in [0.1, 0.15) is 82.4 Å². The zero-order chi connectivity index (χ0) is 19.8. The van der Waals surface area contributed by atoms with Crippen molar-refractivity contribution in [3.05, 3.63) is 34.9 Å². The molecular formula is C23H33NO3. The molecule has 4 nitrogen and oxygen atoms in total. The van der Waals surface area contributed by atoms with Gasteiger partial charge in [0.25, 0.3) is 0 Å². The summed E-state index contributed by atoms with van der Waals surface area (Å²) in [6.45, 7) is 9.11.